The van der Waals surface area contributed by atoms with Crippen LogP contribution in [0.1, 0.15) is 29.8 Å². The van der Waals surface area contributed by atoms with E-state index >= 15 is 0 Å². The summed E-state index contributed by atoms with van der Waals surface area (Å²) in [5.74, 6) is 0.204. The number of carbonyl (C=O) groups excluding carboxylic acids is 2. The Bertz CT molecular complexity index is 1160. The summed E-state index contributed by atoms with van der Waals surface area (Å²) in [4.78, 5) is 24.4. The predicted octanol–water partition coefficient (Wildman–Crippen LogP) is 4.37. The molecular weight excluding hydrogens is 455 g/mol. The molecule has 0 aliphatic heterocycles. The van der Waals surface area contributed by atoms with Gasteiger partial charge in [0.2, 0.25) is 0 Å². The maximum absolute atomic E-state index is 12.9. The zero-order valence-electron chi connectivity index (χ0n) is 19.3. The Morgan fingerprint density at radius 2 is 1.51 bits per heavy atom. The minimum Gasteiger partial charge on any atom is -0.494 e. The van der Waals surface area contributed by atoms with Crippen LogP contribution in [-0.4, -0.2) is 37.9 Å². The Hall–Kier alpha value is -4.40. The van der Waals surface area contributed by atoms with Crippen molar-refractivity contribution in [1.29, 1.82) is 0 Å². The second kappa shape index (κ2) is 12.7. The number of esters is 1. The van der Waals surface area contributed by atoms with Gasteiger partial charge in [-0.1, -0.05) is 0 Å². The van der Waals surface area contributed by atoms with Crippen LogP contribution in [0.5, 0.6) is 23.0 Å². The fraction of sp³-hybridized carbons (Fsp3) is 0.192. The molecule has 182 valence electrons. The summed E-state index contributed by atoms with van der Waals surface area (Å²) in [7, 11) is 0. The Balaban J connectivity index is 1.58. The molecule has 3 aromatic carbocycles. The highest BCUT2D eigenvalue weighted by molar-refractivity contribution is 5.92. The number of nitrogens with one attached hydrogen (secondary N) is 1. The molecule has 0 aliphatic carbocycles. The third kappa shape index (κ3) is 7.85. The molecule has 35 heavy (non-hydrogen) atoms. The molecule has 8 nitrogen and oxygen atoms in total. The van der Waals surface area contributed by atoms with E-state index in [4.69, 9.17) is 18.9 Å². The smallest absolute Gasteiger partial charge is 0.343 e. The quantitative estimate of drug-likeness (QED) is 0.190. The van der Waals surface area contributed by atoms with Gasteiger partial charge in [0.1, 0.15) is 17.3 Å². The van der Waals surface area contributed by atoms with E-state index in [1.54, 1.807) is 49.4 Å². The lowest BCUT2D eigenvalue weighted by Gasteiger charge is -2.11. The van der Waals surface area contributed by atoms with Gasteiger partial charge in [0.05, 0.1) is 25.0 Å². The maximum atomic E-state index is 12.9. The molecule has 0 spiro atoms. The molecule has 0 unspecified atom stereocenters. The first-order chi connectivity index (χ1) is 17.0. The average molecular weight is 480 g/mol. The number of hydrogen-bond acceptors (Lipinski definition) is 7. The second-order valence-electron chi connectivity index (χ2n) is 7.02. The van der Waals surface area contributed by atoms with Gasteiger partial charge in [-0.3, -0.25) is 4.79 Å². The third-order valence-electron chi connectivity index (χ3n) is 4.46. The van der Waals surface area contributed by atoms with Gasteiger partial charge < -0.3 is 18.9 Å². The number of ether oxygens (including phenoxy) is 4. The zero-order chi connectivity index (χ0) is 25.0. The number of halogens is 1. The number of rotatable bonds is 11. The first-order valence-corrected chi connectivity index (χ1v) is 10.9. The van der Waals surface area contributed by atoms with E-state index in [0.717, 1.165) is 0 Å². The van der Waals surface area contributed by atoms with Gasteiger partial charge >= 0.3 is 5.97 Å². The van der Waals surface area contributed by atoms with Gasteiger partial charge in [-0.2, -0.15) is 5.10 Å². The van der Waals surface area contributed by atoms with E-state index in [2.05, 4.69) is 10.5 Å². The van der Waals surface area contributed by atoms with Gasteiger partial charge in [0, 0.05) is 0 Å². The van der Waals surface area contributed by atoms with Crippen molar-refractivity contribution >= 4 is 18.1 Å². The van der Waals surface area contributed by atoms with Crippen LogP contribution >= 0.6 is 0 Å². The van der Waals surface area contributed by atoms with Crippen molar-refractivity contribution in [2.75, 3.05) is 19.8 Å². The molecular formula is C26H25FN2O6. The lowest BCUT2D eigenvalue weighted by molar-refractivity contribution is -0.123. The number of hydrazone groups is 1. The van der Waals surface area contributed by atoms with Crippen LogP contribution in [0, 0.1) is 5.82 Å². The third-order valence-corrected chi connectivity index (χ3v) is 4.46. The standard InChI is InChI=1S/C26H25FN2O6/c1-3-32-21-10-6-19(7-11-21)26(31)35-23-14-5-18(15-24(23)33-4-2)16-28-29-25(30)17-34-22-12-8-20(27)9-13-22/h5-16H,3-4,17H2,1-2H3,(H,29,30)/b28-16-. The normalized spacial score (nSPS) is 10.6. The summed E-state index contributed by atoms with van der Waals surface area (Å²) in [5.41, 5.74) is 3.31. The second-order valence-corrected chi connectivity index (χ2v) is 7.02. The van der Waals surface area contributed by atoms with Crippen molar-refractivity contribution in [3.63, 3.8) is 0 Å². The van der Waals surface area contributed by atoms with Crippen molar-refractivity contribution in [2.24, 2.45) is 5.10 Å². The molecule has 0 radical (unpaired) electrons. The first-order valence-electron chi connectivity index (χ1n) is 10.9. The van der Waals surface area contributed by atoms with E-state index in [1.165, 1.54) is 30.5 Å². The average Bonchev–Trinajstić information content (AvgIpc) is 2.86. The maximum Gasteiger partial charge on any atom is 0.343 e. The van der Waals surface area contributed by atoms with Crippen LogP contribution in [-0.2, 0) is 4.79 Å². The van der Waals surface area contributed by atoms with Gasteiger partial charge in [-0.15, -0.1) is 0 Å². The highest BCUT2D eigenvalue weighted by atomic mass is 19.1. The Kier molecular flexibility index (Phi) is 9.18. The van der Waals surface area contributed by atoms with Crippen LogP contribution in [0.4, 0.5) is 4.39 Å². The van der Waals surface area contributed by atoms with E-state index in [9.17, 15) is 14.0 Å². The molecule has 3 rings (SSSR count). The Labute approximate surface area is 202 Å². The first kappa shape index (κ1) is 25.2. The van der Waals surface area contributed by atoms with Crippen LogP contribution in [0.15, 0.2) is 71.8 Å². The molecule has 0 saturated heterocycles. The van der Waals surface area contributed by atoms with Gasteiger partial charge in [0.15, 0.2) is 18.1 Å². The lowest BCUT2D eigenvalue weighted by Crippen LogP contribution is -2.24. The Morgan fingerprint density at radius 3 is 2.20 bits per heavy atom. The minimum absolute atomic E-state index is 0.250. The topological polar surface area (TPSA) is 95.5 Å². The zero-order valence-corrected chi connectivity index (χ0v) is 19.3. The number of benzene rings is 3. The number of carbonyl (C=O) groups is 2. The summed E-state index contributed by atoms with van der Waals surface area (Å²) in [6, 6.07) is 16.8. The molecule has 0 aliphatic rings. The van der Waals surface area contributed by atoms with Crippen molar-refractivity contribution in [1.82, 2.24) is 5.43 Å². The highest BCUT2D eigenvalue weighted by Crippen LogP contribution is 2.29. The van der Waals surface area contributed by atoms with Crippen molar-refractivity contribution in [3.05, 3.63) is 83.7 Å². The van der Waals surface area contributed by atoms with Crippen LogP contribution in [0.25, 0.3) is 0 Å². The monoisotopic (exact) mass is 480 g/mol. The fourth-order valence-electron chi connectivity index (χ4n) is 2.86. The molecule has 0 heterocycles. The van der Waals surface area contributed by atoms with E-state index in [0.29, 0.717) is 41.6 Å². The van der Waals surface area contributed by atoms with Gasteiger partial charge in [-0.25, -0.2) is 14.6 Å². The molecule has 0 bridgehead atoms. The van der Waals surface area contributed by atoms with Crippen LogP contribution in [0.2, 0.25) is 0 Å². The summed E-state index contributed by atoms with van der Waals surface area (Å²) in [6.07, 6.45) is 1.41. The van der Waals surface area contributed by atoms with Crippen LogP contribution < -0.4 is 24.4 Å². The number of hydrogen-bond donors (Lipinski definition) is 1. The largest absolute Gasteiger partial charge is 0.494 e. The van der Waals surface area contributed by atoms with E-state index in [-0.39, 0.29) is 12.4 Å². The van der Waals surface area contributed by atoms with E-state index in [1.807, 2.05) is 6.92 Å². The highest BCUT2D eigenvalue weighted by Gasteiger charge is 2.13. The number of amides is 1. The molecule has 0 fully saturated rings. The molecule has 9 heteroatoms. The van der Waals surface area contributed by atoms with Crippen molar-refractivity contribution < 1.29 is 32.9 Å². The summed E-state index contributed by atoms with van der Waals surface area (Å²) in [6.45, 7) is 4.29. The molecule has 0 saturated carbocycles. The SMILES string of the molecule is CCOc1ccc(C(=O)Oc2ccc(/C=N\NC(=O)COc3ccc(F)cc3)cc2OCC)cc1. The molecule has 0 atom stereocenters. The van der Waals surface area contributed by atoms with E-state index < -0.39 is 17.7 Å². The molecule has 1 amide bonds. The summed E-state index contributed by atoms with van der Waals surface area (Å²) >= 11 is 0. The Morgan fingerprint density at radius 1 is 0.857 bits per heavy atom. The predicted molar refractivity (Wildman–Crippen MR) is 128 cm³/mol. The van der Waals surface area contributed by atoms with Crippen molar-refractivity contribution in [3.8, 4) is 23.0 Å². The number of nitrogens with zero attached hydrogens (tertiary/aromatic N) is 1. The van der Waals surface area contributed by atoms with Gasteiger partial charge in [0.25, 0.3) is 5.91 Å². The summed E-state index contributed by atoms with van der Waals surface area (Å²) < 4.78 is 34.6. The summed E-state index contributed by atoms with van der Waals surface area (Å²) in [5, 5.41) is 3.89. The lowest BCUT2D eigenvalue weighted by atomic mass is 10.2. The van der Waals surface area contributed by atoms with Gasteiger partial charge in [-0.05, 0) is 86.1 Å². The molecule has 0 aromatic heterocycles. The van der Waals surface area contributed by atoms with Crippen molar-refractivity contribution in [2.45, 2.75) is 13.8 Å². The molecule has 3 aromatic rings. The fourth-order valence-corrected chi connectivity index (χ4v) is 2.86. The molecule has 1 N–H and O–H groups in total. The minimum atomic E-state index is -0.538. The van der Waals surface area contributed by atoms with Crippen LogP contribution in [0.3, 0.4) is 0 Å².